The average molecular weight is 345 g/mol. The highest BCUT2D eigenvalue weighted by Gasteiger charge is 2.34. The molecule has 3 rings (SSSR count). The van der Waals surface area contributed by atoms with Gasteiger partial charge in [0, 0.05) is 25.5 Å². The van der Waals surface area contributed by atoms with Crippen LogP contribution in [-0.4, -0.2) is 46.1 Å². The van der Waals surface area contributed by atoms with Gasteiger partial charge in [-0.3, -0.25) is 19.3 Å². The van der Waals surface area contributed by atoms with Crippen molar-refractivity contribution in [2.75, 3.05) is 19.4 Å². The first-order valence-corrected chi connectivity index (χ1v) is 8.26. The Morgan fingerprint density at radius 1 is 1.17 bits per heavy atom. The minimum absolute atomic E-state index is 0.245. The molecule has 0 bridgehead atoms. The van der Waals surface area contributed by atoms with E-state index in [0.29, 0.717) is 27.7 Å². The second-order valence-electron chi connectivity index (χ2n) is 5.13. The number of aromatic nitrogens is 2. The lowest BCUT2D eigenvalue weighted by Crippen LogP contribution is -2.31. The summed E-state index contributed by atoms with van der Waals surface area (Å²) in [6.07, 6.45) is 0. The summed E-state index contributed by atoms with van der Waals surface area (Å²) in [5.41, 5.74) is 1.13. The van der Waals surface area contributed by atoms with Crippen LogP contribution in [0, 0.1) is 0 Å². The van der Waals surface area contributed by atoms with Gasteiger partial charge in [-0.2, -0.15) is 0 Å². The zero-order valence-electron chi connectivity index (χ0n) is 12.9. The molecule has 0 fully saturated rings. The number of nitrogens with one attached hydrogen (secondary N) is 1. The van der Waals surface area contributed by atoms with E-state index < -0.39 is 0 Å². The van der Waals surface area contributed by atoms with Crippen LogP contribution in [0.1, 0.15) is 26.4 Å². The molecule has 1 N–H and O–H groups in total. The van der Waals surface area contributed by atoms with E-state index in [1.165, 1.54) is 29.8 Å². The molecule has 0 saturated heterocycles. The molecule has 0 spiro atoms. The third kappa shape index (κ3) is 3.24. The lowest BCUT2D eigenvalue weighted by Gasteiger charge is -2.13. The van der Waals surface area contributed by atoms with Gasteiger partial charge in [-0.15, -0.1) is 0 Å². The van der Waals surface area contributed by atoms with Crippen molar-refractivity contribution in [1.29, 1.82) is 0 Å². The Hall–Kier alpha value is -2.45. The van der Waals surface area contributed by atoms with Gasteiger partial charge in [0.05, 0.1) is 23.4 Å². The molecule has 0 radical (unpaired) electrons. The molecular formula is C16H15N3O4S. The van der Waals surface area contributed by atoms with Gasteiger partial charge in [-0.1, -0.05) is 23.9 Å². The van der Waals surface area contributed by atoms with E-state index in [9.17, 15) is 14.4 Å². The molecule has 124 valence electrons. The fourth-order valence-corrected chi connectivity index (χ4v) is 3.27. The number of carbonyl (C=O) groups is 2. The molecule has 0 aliphatic carbocycles. The molecule has 1 aromatic heterocycles. The van der Waals surface area contributed by atoms with Crippen LogP contribution in [0.15, 0.2) is 40.3 Å². The molecule has 2 aromatic rings. The first kappa shape index (κ1) is 16.4. The third-order valence-corrected chi connectivity index (χ3v) is 4.35. The van der Waals surface area contributed by atoms with Crippen molar-refractivity contribution in [3.8, 4) is 0 Å². The number of imide groups is 1. The molecule has 8 heteroatoms. The van der Waals surface area contributed by atoms with E-state index >= 15 is 0 Å². The van der Waals surface area contributed by atoms with Crippen molar-refractivity contribution < 1.29 is 14.3 Å². The normalized spacial score (nSPS) is 13.5. The lowest BCUT2D eigenvalue weighted by molar-refractivity contribution is 0.0664. The van der Waals surface area contributed by atoms with E-state index in [4.69, 9.17) is 4.74 Å². The molecule has 0 saturated carbocycles. The number of aromatic amines is 1. The number of H-pyrrole nitrogens is 1. The molecule has 24 heavy (non-hydrogen) atoms. The summed E-state index contributed by atoms with van der Waals surface area (Å²) in [6.45, 7) is 0.491. The molecule has 1 aliphatic heterocycles. The van der Waals surface area contributed by atoms with E-state index in [1.54, 1.807) is 24.3 Å². The summed E-state index contributed by atoms with van der Waals surface area (Å²) in [4.78, 5) is 44.2. The lowest BCUT2D eigenvalue weighted by atomic mass is 10.1. The summed E-state index contributed by atoms with van der Waals surface area (Å²) >= 11 is 1.28. The number of rotatable bonds is 6. The summed E-state index contributed by atoms with van der Waals surface area (Å²) in [6, 6.07) is 8.14. The number of hydrogen-bond donors (Lipinski definition) is 1. The predicted molar refractivity (Wildman–Crippen MR) is 88.1 cm³/mol. The Labute approximate surface area is 142 Å². The summed E-state index contributed by atoms with van der Waals surface area (Å²) in [7, 11) is 1.53. The average Bonchev–Trinajstić information content (AvgIpc) is 2.80. The number of fused-ring (bicyclic) bond motifs is 1. The third-order valence-electron chi connectivity index (χ3n) is 3.50. The zero-order valence-corrected chi connectivity index (χ0v) is 13.8. The van der Waals surface area contributed by atoms with Gasteiger partial charge in [-0.25, -0.2) is 4.98 Å². The number of amides is 2. The second kappa shape index (κ2) is 6.98. The Kier molecular flexibility index (Phi) is 4.77. The van der Waals surface area contributed by atoms with Gasteiger partial charge in [0.2, 0.25) is 0 Å². The smallest absolute Gasteiger partial charge is 0.261 e. The van der Waals surface area contributed by atoms with Crippen molar-refractivity contribution in [3.05, 3.63) is 57.5 Å². The number of hydrogen-bond acceptors (Lipinski definition) is 6. The minimum atomic E-state index is -0.286. The first-order valence-electron chi connectivity index (χ1n) is 7.27. The van der Waals surface area contributed by atoms with Crippen molar-refractivity contribution in [2.45, 2.75) is 11.8 Å². The maximum absolute atomic E-state index is 12.2. The van der Waals surface area contributed by atoms with Crippen molar-refractivity contribution in [2.24, 2.45) is 0 Å². The van der Waals surface area contributed by atoms with E-state index in [-0.39, 0.29) is 30.5 Å². The number of methoxy groups -OCH3 is 1. The Morgan fingerprint density at radius 3 is 2.46 bits per heavy atom. The van der Waals surface area contributed by atoms with Crippen LogP contribution in [0.3, 0.4) is 0 Å². The van der Waals surface area contributed by atoms with Crippen LogP contribution in [-0.2, 0) is 11.3 Å². The van der Waals surface area contributed by atoms with Crippen LogP contribution < -0.4 is 5.56 Å². The molecule has 1 aliphatic rings. The minimum Gasteiger partial charge on any atom is -0.378 e. The molecule has 0 atom stereocenters. The highest BCUT2D eigenvalue weighted by atomic mass is 32.2. The molecule has 2 amide bonds. The van der Waals surface area contributed by atoms with E-state index in [0.717, 1.165) is 0 Å². The Morgan fingerprint density at radius 2 is 1.83 bits per heavy atom. The molecular weight excluding hydrogens is 330 g/mol. The number of nitrogens with zero attached hydrogens (tertiary/aromatic N) is 2. The monoisotopic (exact) mass is 345 g/mol. The number of thioether (sulfide) groups is 1. The van der Waals surface area contributed by atoms with Gasteiger partial charge < -0.3 is 9.72 Å². The fraction of sp³-hybridized carbons (Fsp3) is 0.250. The van der Waals surface area contributed by atoms with Gasteiger partial charge in [0.15, 0.2) is 5.16 Å². The highest BCUT2D eigenvalue weighted by molar-refractivity contribution is 7.99. The maximum Gasteiger partial charge on any atom is 0.261 e. The van der Waals surface area contributed by atoms with Crippen LogP contribution in [0.25, 0.3) is 0 Å². The zero-order chi connectivity index (χ0) is 17.1. The molecule has 0 unspecified atom stereocenters. The van der Waals surface area contributed by atoms with Crippen LogP contribution >= 0.6 is 11.8 Å². The molecule has 2 heterocycles. The number of ether oxygens (including phenoxy) is 1. The Balaban J connectivity index is 1.65. The maximum atomic E-state index is 12.2. The second-order valence-corrected chi connectivity index (χ2v) is 6.21. The van der Waals surface area contributed by atoms with Crippen LogP contribution in [0.4, 0.5) is 0 Å². The van der Waals surface area contributed by atoms with E-state index in [2.05, 4.69) is 9.97 Å². The summed E-state index contributed by atoms with van der Waals surface area (Å²) in [5.74, 6) is -0.137. The number of carbonyl (C=O) groups excluding carboxylic acids is 2. The summed E-state index contributed by atoms with van der Waals surface area (Å²) in [5, 5.41) is 0.436. The summed E-state index contributed by atoms with van der Waals surface area (Å²) < 4.78 is 4.97. The Bertz CT molecular complexity index is 814. The highest BCUT2D eigenvalue weighted by Crippen LogP contribution is 2.23. The first-order chi connectivity index (χ1) is 11.6. The predicted octanol–water partition coefficient (Wildman–Crippen LogP) is 1.30. The quantitative estimate of drug-likeness (QED) is 0.482. The largest absolute Gasteiger partial charge is 0.378 e. The SMILES string of the molecule is COCc1cc(=O)[nH]c(SCCN2C(=O)c3ccccc3C2=O)n1. The number of benzene rings is 1. The van der Waals surface area contributed by atoms with E-state index in [1.807, 2.05) is 0 Å². The fourth-order valence-electron chi connectivity index (χ4n) is 2.45. The molecule has 7 nitrogen and oxygen atoms in total. The van der Waals surface area contributed by atoms with Crippen LogP contribution in [0.5, 0.6) is 0 Å². The van der Waals surface area contributed by atoms with Crippen molar-refractivity contribution in [1.82, 2.24) is 14.9 Å². The van der Waals surface area contributed by atoms with Crippen molar-refractivity contribution >= 4 is 23.6 Å². The van der Waals surface area contributed by atoms with Gasteiger partial charge in [0.1, 0.15) is 0 Å². The topological polar surface area (TPSA) is 92.4 Å². The van der Waals surface area contributed by atoms with Gasteiger partial charge in [0.25, 0.3) is 17.4 Å². The van der Waals surface area contributed by atoms with Crippen molar-refractivity contribution in [3.63, 3.8) is 0 Å². The van der Waals surface area contributed by atoms with Gasteiger partial charge in [-0.05, 0) is 12.1 Å². The van der Waals surface area contributed by atoms with Gasteiger partial charge >= 0.3 is 0 Å². The van der Waals surface area contributed by atoms with Crippen LogP contribution in [0.2, 0.25) is 0 Å². The molecule has 1 aromatic carbocycles. The standard InChI is InChI=1S/C16H15N3O4S/c1-23-9-10-8-13(20)18-16(17-10)24-7-6-19-14(21)11-4-2-3-5-12(11)15(19)22/h2-5,8H,6-7,9H2,1H3,(H,17,18,20).